The first-order valence-corrected chi connectivity index (χ1v) is 7.79. The molecule has 2 aromatic carbocycles. The van der Waals surface area contributed by atoms with Crippen LogP contribution < -0.4 is 0 Å². The molecule has 0 fully saturated rings. The van der Waals surface area contributed by atoms with E-state index in [1.54, 1.807) is 6.08 Å². The Morgan fingerprint density at radius 2 is 1.86 bits per heavy atom. The molecule has 0 N–H and O–H groups in total. The van der Waals surface area contributed by atoms with E-state index < -0.39 is 6.08 Å². The predicted molar refractivity (Wildman–Crippen MR) is 90.1 cm³/mol. The van der Waals surface area contributed by atoms with Gasteiger partial charge in [-0.2, -0.15) is 8.78 Å². The summed E-state index contributed by atoms with van der Waals surface area (Å²) in [6.07, 6.45) is 2.58. The van der Waals surface area contributed by atoms with Crippen LogP contribution in [0.15, 0.2) is 66.8 Å². The van der Waals surface area contributed by atoms with Gasteiger partial charge in [0.15, 0.2) is 0 Å². The lowest BCUT2D eigenvalue weighted by Gasteiger charge is -2.17. The van der Waals surface area contributed by atoms with E-state index in [0.29, 0.717) is 0 Å². The van der Waals surface area contributed by atoms with Crippen molar-refractivity contribution in [2.45, 2.75) is 32.6 Å². The van der Waals surface area contributed by atoms with Gasteiger partial charge in [0.05, 0.1) is 0 Å². The van der Waals surface area contributed by atoms with Crippen LogP contribution in [0.25, 0.3) is 10.8 Å². The summed E-state index contributed by atoms with van der Waals surface area (Å²) in [5.74, 6) is -0.0815. The molecular weight excluding hydrogens is 278 g/mol. The van der Waals surface area contributed by atoms with Crippen molar-refractivity contribution in [2.75, 3.05) is 0 Å². The second-order valence-electron chi connectivity index (χ2n) is 5.56. The highest BCUT2D eigenvalue weighted by atomic mass is 19.3. The van der Waals surface area contributed by atoms with E-state index in [4.69, 9.17) is 0 Å². The molecule has 0 spiro atoms. The maximum Gasteiger partial charge on any atom is 0.270 e. The number of hydrogen-bond donors (Lipinski definition) is 0. The minimum Gasteiger partial charge on any atom is -0.173 e. The molecule has 0 saturated heterocycles. The van der Waals surface area contributed by atoms with Crippen molar-refractivity contribution in [3.63, 3.8) is 0 Å². The first kappa shape index (κ1) is 16.4. The molecule has 1 unspecified atom stereocenters. The van der Waals surface area contributed by atoms with Crippen LogP contribution in [0.5, 0.6) is 0 Å². The molecule has 22 heavy (non-hydrogen) atoms. The molecule has 0 heterocycles. The van der Waals surface area contributed by atoms with Crippen molar-refractivity contribution in [1.29, 1.82) is 0 Å². The summed E-state index contributed by atoms with van der Waals surface area (Å²) in [5, 5.41) is 2.42. The summed E-state index contributed by atoms with van der Waals surface area (Å²) in [7, 11) is 0. The van der Waals surface area contributed by atoms with Gasteiger partial charge in [0, 0.05) is 5.57 Å². The maximum atomic E-state index is 13.1. The molecule has 0 aromatic heterocycles. The highest BCUT2D eigenvalue weighted by molar-refractivity contribution is 5.85. The molecule has 0 saturated carbocycles. The normalized spacial score (nSPS) is 12.1. The summed E-state index contributed by atoms with van der Waals surface area (Å²) in [4.78, 5) is 0. The lowest BCUT2D eigenvalue weighted by atomic mass is 9.88. The Balaban J connectivity index is 2.19. The van der Waals surface area contributed by atoms with Crippen LogP contribution in [0.4, 0.5) is 8.78 Å². The molecule has 0 aliphatic carbocycles. The number of benzene rings is 2. The Labute approximate surface area is 131 Å². The predicted octanol–water partition coefficient (Wildman–Crippen LogP) is 6.53. The number of allylic oxidation sites excluding steroid dienone is 2. The van der Waals surface area contributed by atoms with Gasteiger partial charge >= 0.3 is 0 Å². The van der Waals surface area contributed by atoms with Gasteiger partial charge < -0.3 is 0 Å². The molecule has 2 rings (SSSR count). The fourth-order valence-corrected chi connectivity index (χ4v) is 3.02. The first-order chi connectivity index (χ1) is 10.7. The second-order valence-corrected chi connectivity index (χ2v) is 5.56. The highest BCUT2D eigenvalue weighted by Crippen LogP contribution is 2.29. The third-order valence-corrected chi connectivity index (χ3v) is 4.23. The standard InChI is InChI=1S/C20H22F2/c1-3-8-19(20(21)22)15(4-2)13-14-17-11-7-10-16-9-5-6-12-18(16)17/h3,5-7,9-12,15H,1,4,8,13-14H2,2H3. The van der Waals surface area contributed by atoms with Crippen LogP contribution in [-0.2, 0) is 6.42 Å². The molecule has 0 radical (unpaired) electrons. The Morgan fingerprint density at radius 1 is 1.14 bits per heavy atom. The highest BCUT2D eigenvalue weighted by Gasteiger charge is 2.17. The Hall–Kier alpha value is -1.96. The lowest BCUT2D eigenvalue weighted by molar-refractivity contribution is 0.382. The van der Waals surface area contributed by atoms with E-state index in [1.807, 2.05) is 25.1 Å². The molecule has 0 nitrogen and oxygen atoms in total. The van der Waals surface area contributed by atoms with Crippen molar-refractivity contribution in [2.24, 2.45) is 5.92 Å². The van der Waals surface area contributed by atoms with Crippen molar-refractivity contribution in [3.8, 4) is 0 Å². The molecule has 0 bridgehead atoms. The van der Waals surface area contributed by atoms with Crippen molar-refractivity contribution in [1.82, 2.24) is 0 Å². The van der Waals surface area contributed by atoms with Crippen LogP contribution in [0.2, 0.25) is 0 Å². The zero-order chi connectivity index (χ0) is 15.9. The second kappa shape index (κ2) is 7.88. The maximum absolute atomic E-state index is 13.1. The molecular formula is C20H22F2. The SMILES string of the molecule is C=CCC(=C(F)F)C(CC)CCc1cccc2ccccc12. The summed E-state index contributed by atoms with van der Waals surface area (Å²) in [5.41, 5.74) is 1.48. The van der Waals surface area contributed by atoms with Gasteiger partial charge in [-0.15, -0.1) is 6.58 Å². The van der Waals surface area contributed by atoms with Crippen LogP contribution in [-0.4, -0.2) is 0 Å². The summed E-state index contributed by atoms with van der Waals surface area (Å²) >= 11 is 0. The van der Waals surface area contributed by atoms with E-state index in [-0.39, 0.29) is 17.9 Å². The van der Waals surface area contributed by atoms with Gasteiger partial charge in [0.25, 0.3) is 6.08 Å². The third-order valence-electron chi connectivity index (χ3n) is 4.23. The van der Waals surface area contributed by atoms with E-state index in [9.17, 15) is 8.78 Å². The molecule has 2 aromatic rings. The average Bonchev–Trinajstić information content (AvgIpc) is 2.54. The average molecular weight is 300 g/mol. The number of rotatable bonds is 7. The van der Waals surface area contributed by atoms with E-state index in [1.165, 1.54) is 16.3 Å². The minimum atomic E-state index is -1.54. The Bertz CT molecular complexity index is 661. The fourth-order valence-electron chi connectivity index (χ4n) is 3.02. The van der Waals surface area contributed by atoms with Gasteiger partial charge in [-0.3, -0.25) is 0 Å². The Morgan fingerprint density at radius 3 is 2.55 bits per heavy atom. The number of hydrogen-bond acceptors (Lipinski definition) is 0. The fraction of sp³-hybridized carbons (Fsp3) is 0.300. The first-order valence-electron chi connectivity index (χ1n) is 7.79. The zero-order valence-electron chi connectivity index (χ0n) is 13.0. The molecule has 2 heteroatoms. The zero-order valence-corrected chi connectivity index (χ0v) is 13.0. The summed E-state index contributed by atoms with van der Waals surface area (Å²) in [6.45, 7) is 5.56. The quantitative estimate of drug-likeness (QED) is 0.510. The van der Waals surface area contributed by atoms with Gasteiger partial charge in [0.1, 0.15) is 0 Å². The molecule has 0 aliphatic rings. The lowest BCUT2D eigenvalue weighted by Crippen LogP contribution is -2.06. The largest absolute Gasteiger partial charge is 0.270 e. The smallest absolute Gasteiger partial charge is 0.173 e. The van der Waals surface area contributed by atoms with Crippen molar-refractivity contribution in [3.05, 3.63) is 72.3 Å². The monoisotopic (exact) mass is 300 g/mol. The van der Waals surface area contributed by atoms with E-state index in [2.05, 4.69) is 30.8 Å². The van der Waals surface area contributed by atoms with Gasteiger partial charge in [0.2, 0.25) is 0 Å². The number of fused-ring (bicyclic) bond motifs is 1. The van der Waals surface area contributed by atoms with Crippen LogP contribution in [0.1, 0.15) is 31.7 Å². The van der Waals surface area contributed by atoms with E-state index in [0.717, 1.165) is 19.3 Å². The van der Waals surface area contributed by atoms with Crippen LogP contribution in [0.3, 0.4) is 0 Å². The van der Waals surface area contributed by atoms with Gasteiger partial charge in [-0.05, 0) is 47.9 Å². The van der Waals surface area contributed by atoms with Crippen molar-refractivity contribution >= 4 is 10.8 Å². The van der Waals surface area contributed by atoms with Crippen LogP contribution in [0, 0.1) is 5.92 Å². The number of halogens is 2. The minimum absolute atomic E-state index is 0.0815. The number of aryl methyl sites for hydroxylation is 1. The van der Waals surface area contributed by atoms with Crippen molar-refractivity contribution < 1.29 is 8.78 Å². The topological polar surface area (TPSA) is 0 Å². The summed E-state index contributed by atoms with van der Waals surface area (Å²) < 4.78 is 26.3. The molecule has 0 aliphatic heterocycles. The molecule has 116 valence electrons. The molecule has 1 atom stereocenters. The summed E-state index contributed by atoms with van der Waals surface area (Å²) in [6, 6.07) is 14.4. The molecule has 0 amide bonds. The van der Waals surface area contributed by atoms with Crippen LogP contribution >= 0.6 is 0 Å². The van der Waals surface area contributed by atoms with Gasteiger partial charge in [-0.25, -0.2) is 0 Å². The Kier molecular flexibility index (Phi) is 5.88. The third kappa shape index (κ3) is 3.82. The van der Waals surface area contributed by atoms with E-state index >= 15 is 0 Å². The van der Waals surface area contributed by atoms with Gasteiger partial charge in [-0.1, -0.05) is 55.5 Å².